The Morgan fingerprint density at radius 3 is 2.80 bits per heavy atom. The van der Waals surface area contributed by atoms with Gasteiger partial charge >= 0.3 is 0 Å². The molecule has 4 nitrogen and oxygen atoms in total. The van der Waals surface area contributed by atoms with Crippen LogP contribution in [0.3, 0.4) is 0 Å². The Morgan fingerprint density at radius 2 is 2.05 bits per heavy atom. The molecule has 0 atom stereocenters. The molecule has 0 radical (unpaired) electrons. The van der Waals surface area contributed by atoms with Crippen molar-refractivity contribution in [3.05, 3.63) is 24.0 Å². The lowest BCUT2D eigenvalue weighted by Crippen LogP contribution is -2.33. The average molecular weight is 271 g/mol. The number of aromatic nitrogens is 2. The van der Waals surface area contributed by atoms with Crippen LogP contribution in [0.2, 0.25) is 0 Å². The molecule has 0 saturated heterocycles. The van der Waals surface area contributed by atoms with Gasteiger partial charge in [-0.2, -0.15) is 0 Å². The Bertz CT molecular complexity index is 626. The predicted octanol–water partition coefficient (Wildman–Crippen LogP) is 3.41. The molecule has 1 amide bonds. The fourth-order valence-corrected chi connectivity index (χ4v) is 3.08. The molecule has 3 rings (SSSR count). The molecule has 1 aliphatic carbocycles. The van der Waals surface area contributed by atoms with Gasteiger partial charge in [0.1, 0.15) is 5.82 Å². The summed E-state index contributed by atoms with van der Waals surface area (Å²) < 4.78 is 0. The molecule has 0 bridgehead atoms. The van der Waals surface area contributed by atoms with Crippen molar-refractivity contribution in [3.8, 4) is 0 Å². The van der Waals surface area contributed by atoms with Crippen LogP contribution in [0.15, 0.2) is 18.2 Å². The van der Waals surface area contributed by atoms with E-state index in [4.69, 9.17) is 0 Å². The highest BCUT2D eigenvalue weighted by atomic mass is 16.2. The Kier molecular flexibility index (Phi) is 3.47. The minimum Gasteiger partial charge on any atom is -0.342 e. The number of nitrogens with one attached hydrogen (secondary N) is 1. The van der Waals surface area contributed by atoms with E-state index in [9.17, 15) is 4.79 Å². The van der Waals surface area contributed by atoms with E-state index in [1.165, 1.54) is 19.3 Å². The molecule has 1 aliphatic rings. The maximum atomic E-state index is 12.5. The van der Waals surface area contributed by atoms with E-state index in [1.54, 1.807) is 4.90 Å². The van der Waals surface area contributed by atoms with Gasteiger partial charge in [-0.25, -0.2) is 4.98 Å². The maximum absolute atomic E-state index is 12.5. The third-order valence-electron chi connectivity index (χ3n) is 4.26. The average Bonchev–Trinajstić information content (AvgIpc) is 2.85. The molecular weight excluding hydrogens is 250 g/mol. The molecular formula is C16H21N3O. The first-order chi connectivity index (χ1) is 9.65. The van der Waals surface area contributed by atoms with Crippen LogP contribution >= 0.6 is 0 Å². The highest BCUT2D eigenvalue weighted by Crippen LogP contribution is 2.28. The van der Waals surface area contributed by atoms with Gasteiger partial charge < -0.3 is 9.88 Å². The van der Waals surface area contributed by atoms with Gasteiger partial charge in [-0.1, -0.05) is 19.3 Å². The Labute approximate surface area is 119 Å². The van der Waals surface area contributed by atoms with Gasteiger partial charge in [-0.3, -0.25) is 4.79 Å². The lowest BCUT2D eigenvalue weighted by Gasteiger charge is -2.26. The van der Waals surface area contributed by atoms with E-state index in [2.05, 4.69) is 9.97 Å². The highest BCUT2D eigenvalue weighted by Gasteiger charge is 2.24. The summed E-state index contributed by atoms with van der Waals surface area (Å²) in [4.78, 5) is 21.9. The summed E-state index contributed by atoms with van der Waals surface area (Å²) in [5.74, 6) is 1.35. The Balaban J connectivity index is 1.83. The van der Waals surface area contributed by atoms with Crippen molar-refractivity contribution < 1.29 is 4.79 Å². The number of benzene rings is 1. The predicted molar refractivity (Wildman–Crippen MR) is 80.8 cm³/mol. The second kappa shape index (κ2) is 5.27. The molecule has 4 heteroatoms. The second-order valence-corrected chi connectivity index (χ2v) is 5.76. The molecule has 106 valence electrons. The van der Waals surface area contributed by atoms with E-state index in [0.29, 0.717) is 0 Å². The summed E-state index contributed by atoms with van der Waals surface area (Å²) in [6.07, 6.45) is 5.71. The number of rotatable bonds is 2. The van der Waals surface area contributed by atoms with Crippen molar-refractivity contribution in [2.24, 2.45) is 5.92 Å². The number of hydrogen-bond acceptors (Lipinski definition) is 2. The number of H-pyrrole nitrogens is 1. The minimum atomic E-state index is 0.202. The van der Waals surface area contributed by atoms with Crippen LogP contribution in [0.5, 0.6) is 0 Å². The SMILES string of the molecule is Cc1nc2ccc(N(C)C(=O)C3CCCCC3)cc2[nH]1. The van der Waals surface area contributed by atoms with Crippen molar-refractivity contribution in [1.82, 2.24) is 9.97 Å². The number of hydrogen-bond donors (Lipinski definition) is 1. The molecule has 0 aliphatic heterocycles. The fraction of sp³-hybridized carbons (Fsp3) is 0.500. The lowest BCUT2D eigenvalue weighted by molar-refractivity contribution is -0.123. The number of nitrogens with zero attached hydrogens (tertiary/aromatic N) is 2. The maximum Gasteiger partial charge on any atom is 0.229 e. The zero-order valence-electron chi connectivity index (χ0n) is 12.1. The van der Waals surface area contributed by atoms with Gasteiger partial charge in [0.15, 0.2) is 0 Å². The summed E-state index contributed by atoms with van der Waals surface area (Å²) in [5, 5.41) is 0. The molecule has 1 saturated carbocycles. The van der Waals surface area contributed by atoms with Gasteiger partial charge in [-0.05, 0) is 38.0 Å². The van der Waals surface area contributed by atoms with E-state index < -0.39 is 0 Å². The first kappa shape index (κ1) is 13.2. The summed E-state index contributed by atoms with van der Waals surface area (Å²) in [6.45, 7) is 1.94. The molecule has 1 aromatic carbocycles. The molecule has 0 spiro atoms. The molecule has 1 aromatic heterocycles. The normalized spacial score (nSPS) is 16.5. The molecule has 20 heavy (non-hydrogen) atoms. The third kappa shape index (κ3) is 2.42. The smallest absolute Gasteiger partial charge is 0.229 e. The van der Waals surface area contributed by atoms with Gasteiger partial charge in [0.05, 0.1) is 11.0 Å². The van der Waals surface area contributed by atoms with Crippen molar-refractivity contribution in [2.75, 3.05) is 11.9 Å². The van der Waals surface area contributed by atoms with Crippen LogP contribution in [-0.2, 0) is 4.79 Å². The number of fused-ring (bicyclic) bond motifs is 1. The van der Waals surface area contributed by atoms with Gasteiger partial charge in [-0.15, -0.1) is 0 Å². The zero-order chi connectivity index (χ0) is 14.1. The first-order valence-corrected chi connectivity index (χ1v) is 7.39. The van der Waals surface area contributed by atoms with Crippen LogP contribution in [0.1, 0.15) is 37.9 Å². The van der Waals surface area contributed by atoms with Crippen molar-refractivity contribution in [1.29, 1.82) is 0 Å². The lowest BCUT2D eigenvalue weighted by atomic mass is 9.88. The van der Waals surface area contributed by atoms with Crippen LogP contribution in [-0.4, -0.2) is 22.9 Å². The van der Waals surface area contributed by atoms with Crippen LogP contribution in [0.4, 0.5) is 5.69 Å². The minimum absolute atomic E-state index is 0.202. The largest absolute Gasteiger partial charge is 0.342 e. The molecule has 1 fully saturated rings. The number of amides is 1. The third-order valence-corrected chi connectivity index (χ3v) is 4.26. The molecule has 1 N–H and O–H groups in total. The van der Waals surface area contributed by atoms with Crippen LogP contribution in [0.25, 0.3) is 11.0 Å². The van der Waals surface area contributed by atoms with Gasteiger partial charge in [0, 0.05) is 18.7 Å². The number of aryl methyl sites for hydroxylation is 1. The molecule has 1 heterocycles. The molecule has 0 unspecified atom stereocenters. The second-order valence-electron chi connectivity index (χ2n) is 5.76. The standard InChI is InChI=1S/C16H21N3O/c1-11-17-14-9-8-13(10-15(14)18-11)19(2)16(20)12-6-4-3-5-7-12/h8-10,12H,3-7H2,1-2H3,(H,17,18). The monoisotopic (exact) mass is 271 g/mol. The van der Waals surface area contributed by atoms with Gasteiger partial charge in [0.25, 0.3) is 0 Å². The summed E-state index contributed by atoms with van der Waals surface area (Å²) in [6, 6.07) is 5.96. The van der Waals surface area contributed by atoms with Crippen LogP contribution < -0.4 is 4.90 Å². The zero-order valence-corrected chi connectivity index (χ0v) is 12.1. The topological polar surface area (TPSA) is 49.0 Å². The van der Waals surface area contributed by atoms with E-state index >= 15 is 0 Å². The van der Waals surface area contributed by atoms with Gasteiger partial charge in [0.2, 0.25) is 5.91 Å². The summed E-state index contributed by atoms with van der Waals surface area (Å²) >= 11 is 0. The van der Waals surface area contributed by atoms with Crippen LogP contribution in [0, 0.1) is 12.8 Å². The summed E-state index contributed by atoms with van der Waals surface area (Å²) in [5.41, 5.74) is 2.88. The van der Waals surface area contributed by atoms with Crippen molar-refractivity contribution in [3.63, 3.8) is 0 Å². The fourth-order valence-electron chi connectivity index (χ4n) is 3.08. The highest BCUT2D eigenvalue weighted by molar-refractivity contribution is 5.96. The number of carbonyl (C=O) groups excluding carboxylic acids is 1. The number of aromatic amines is 1. The number of carbonyl (C=O) groups is 1. The van der Waals surface area contributed by atoms with Crippen molar-refractivity contribution in [2.45, 2.75) is 39.0 Å². The first-order valence-electron chi connectivity index (χ1n) is 7.39. The quantitative estimate of drug-likeness (QED) is 0.910. The Hall–Kier alpha value is -1.84. The Morgan fingerprint density at radius 1 is 1.30 bits per heavy atom. The number of imidazole rings is 1. The summed E-state index contributed by atoms with van der Waals surface area (Å²) in [7, 11) is 1.88. The number of anilines is 1. The molecule has 2 aromatic rings. The van der Waals surface area contributed by atoms with E-state index in [-0.39, 0.29) is 11.8 Å². The van der Waals surface area contributed by atoms with E-state index in [1.807, 2.05) is 32.2 Å². The van der Waals surface area contributed by atoms with E-state index in [0.717, 1.165) is 35.4 Å². The van der Waals surface area contributed by atoms with Crippen molar-refractivity contribution >= 4 is 22.6 Å².